The van der Waals surface area contributed by atoms with Gasteiger partial charge in [-0.2, -0.15) is 0 Å². The molecular weight excluding hydrogens is 298 g/mol. The number of hydrogen-bond donors (Lipinski definition) is 1. The summed E-state index contributed by atoms with van der Waals surface area (Å²) in [6.45, 7) is 3.34. The molecule has 0 unspecified atom stereocenters. The summed E-state index contributed by atoms with van der Waals surface area (Å²) in [4.78, 5) is 1.34. The second kappa shape index (κ2) is 8.53. The number of hydrogen-bond acceptors (Lipinski definition) is 3. The maximum atomic E-state index is 5.48. The fourth-order valence-corrected chi connectivity index (χ4v) is 2.68. The van der Waals surface area contributed by atoms with Crippen molar-refractivity contribution < 1.29 is 4.74 Å². The molecule has 0 spiro atoms. The monoisotopic (exact) mass is 311 g/mol. The van der Waals surface area contributed by atoms with Crippen molar-refractivity contribution in [2.24, 2.45) is 0 Å². The Balaban J connectivity index is 1.96. The molecule has 86 valence electrons. The van der Waals surface area contributed by atoms with Gasteiger partial charge in [0.1, 0.15) is 0 Å². The average molecular weight is 313 g/mol. The summed E-state index contributed by atoms with van der Waals surface area (Å²) in [5.74, 6) is 0.579. The van der Waals surface area contributed by atoms with Gasteiger partial charge in [0.2, 0.25) is 0 Å². The molecule has 1 aromatic rings. The van der Waals surface area contributed by atoms with Crippen LogP contribution < -0.4 is 5.32 Å². The molecule has 0 radical (unpaired) electrons. The lowest BCUT2D eigenvalue weighted by molar-refractivity contribution is 0.146. The standard InChI is InChI=1S/C10H15BrClNOS/c11-9-2-7-15-10(9)8-13-4-1-5-14-6-3-12/h2,7,13H,1,3-6,8H2. The highest BCUT2D eigenvalue weighted by molar-refractivity contribution is 9.10. The molecule has 0 aliphatic carbocycles. The Morgan fingerprint density at radius 3 is 3.00 bits per heavy atom. The zero-order chi connectivity index (χ0) is 10.9. The molecule has 15 heavy (non-hydrogen) atoms. The maximum absolute atomic E-state index is 5.48. The topological polar surface area (TPSA) is 21.3 Å². The molecule has 0 aromatic carbocycles. The summed E-state index contributed by atoms with van der Waals surface area (Å²) in [5.41, 5.74) is 0. The Morgan fingerprint density at radius 1 is 1.47 bits per heavy atom. The SMILES string of the molecule is ClCCOCCCNCc1sccc1Br. The predicted octanol–water partition coefficient (Wildman–Crippen LogP) is 3.25. The van der Waals surface area contributed by atoms with Crippen molar-refractivity contribution >= 4 is 38.9 Å². The minimum Gasteiger partial charge on any atom is -0.380 e. The van der Waals surface area contributed by atoms with Crippen LogP contribution in [0.4, 0.5) is 0 Å². The van der Waals surface area contributed by atoms with Crippen LogP contribution in [0.5, 0.6) is 0 Å². The Hall–Kier alpha value is 0.390. The molecule has 0 amide bonds. The van der Waals surface area contributed by atoms with E-state index in [0.717, 1.165) is 26.1 Å². The predicted molar refractivity (Wildman–Crippen MR) is 69.9 cm³/mol. The zero-order valence-corrected chi connectivity index (χ0v) is 11.6. The van der Waals surface area contributed by atoms with E-state index in [4.69, 9.17) is 16.3 Å². The summed E-state index contributed by atoms with van der Waals surface area (Å²) in [6, 6.07) is 2.07. The van der Waals surface area contributed by atoms with Crippen LogP contribution in [0.15, 0.2) is 15.9 Å². The van der Waals surface area contributed by atoms with E-state index >= 15 is 0 Å². The summed E-state index contributed by atoms with van der Waals surface area (Å²) in [6.07, 6.45) is 1.03. The van der Waals surface area contributed by atoms with E-state index in [0.29, 0.717) is 12.5 Å². The van der Waals surface area contributed by atoms with Gasteiger partial charge in [-0.15, -0.1) is 22.9 Å². The molecule has 1 rings (SSSR count). The molecule has 0 aliphatic rings. The number of rotatable bonds is 8. The van der Waals surface area contributed by atoms with Crippen LogP contribution >= 0.6 is 38.9 Å². The smallest absolute Gasteiger partial charge is 0.0601 e. The number of ether oxygens (including phenoxy) is 1. The Bertz CT molecular complexity index is 270. The van der Waals surface area contributed by atoms with Crippen LogP contribution in [0.2, 0.25) is 0 Å². The lowest BCUT2D eigenvalue weighted by Gasteiger charge is -2.04. The first-order valence-electron chi connectivity index (χ1n) is 4.91. The molecule has 0 bridgehead atoms. The maximum Gasteiger partial charge on any atom is 0.0601 e. The van der Waals surface area contributed by atoms with E-state index in [-0.39, 0.29) is 0 Å². The van der Waals surface area contributed by atoms with Crippen molar-refractivity contribution in [3.8, 4) is 0 Å². The summed E-state index contributed by atoms with van der Waals surface area (Å²) < 4.78 is 6.46. The second-order valence-electron chi connectivity index (χ2n) is 3.02. The first kappa shape index (κ1) is 13.5. The molecule has 1 aromatic heterocycles. The lowest BCUT2D eigenvalue weighted by atomic mass is 10.4. The number of halogens is 2. The first-order valence-corrected chi connectivity index (χ1v) is 7.11. The molecule has 2 nitrogen and oxygen atoms in total. The third-order valence-electron chi connectivity index (χ3n) is 1.84. The van der Waals surface area contributed by atoms with Gasteiger partial charge in [0.15, 0.2) is 0 Å². The average Bonchev–Trinajstić information content (AvgIpc) is 2.63. The van der Waals surface area contributed by atoms with Gasteiger partial charge >= 0.3 is 0 Å². The lowest BCUT2D eigenvalue weighted by Crippen LogP contribution is -2.16. The van der Waals surface area contributed by atoms with Crippen molar-refractivity contribution in [2.45, 2.75) is 13.0 Å². The Morgan fingerprint density at radius 2 is 2.33 bits per heavy atom. The minimum atomic E-state index is 0.579. The van der Waals surface area contributed by atoms with Gasteiger partial charge in [-0.05, 0) is 40.3 Å². The highest BCUT2D eigenvalue weighted by Crippen LogP contribution is 2.21. The largest absolute Gasteiger partial charge is 0.380 e. The zero-order valence-electron chi connectivity index (χ0n) is 8.47. The highest BCUT2D eigenvalue weighted by Gasteiger charge is 1.99. The Labute approximate surface area is 108 Å². The van der Waals surface area contributed by atoms with Gasteiger partial charge in [0.25, 0.3) is 0 Å². The number of thiophene rings is 1. The van der Waals surface area contributed by atoms with Gasteiger partial charge in [-0.25, -0.2) is 0 Å². The molecule has 1 heterocycles. The van der Waals surface area contributed by atoms with Crippen LogP contribution in [0, 0.1) is 0 Å². The van der Waals surface area contributed by atoms with Crippen LogP contribution in [0.1, 0.15) is 11.3 Å². The van der Waals surface area contributed by atoms with Gasteiger partial charge in [-0.3, -0.25) is 0 Å². The van der Waals surface area contributed by atoms with E-state index in [1.165, 1.54) is 9.35 Å². The van der Waals surface area contributed by atoms with Crippen molar-refractivity contribution in [3.63, 3.8) is 0 Å². The minimum absolute atomic E-state index is 0.579. The van der Waals surface area contributed by atoms with Gasteiger partial charge in [0, 0.05) is 28.4 Å². The molecule has 0 fully saturated rings. The molecule has 0 saturated heterocycles. The van der Waals surface area contributed by atoms with E-state index in [9.17, 15) is 0 Å². The molecule has 0 saturated carbocycles. The van der Waals surface area contributed by atoms with Crippen molar-refractivity contribution in [1.82, 2.24) is 5.32 Å². The second-order valence-corrected chi connectivity index (χ2v) is 5.26. The van der Waals surface area contributed by atoms with Gasteiger partial charge in [0.05, 0.1) is 6.61 Å². The molecule has 1 N–H and O–H groups in total. The number of alkyl halides is 1. The molecule has 0 atom stereocenters. The molecule has 0 aliphatic heterocycles. The normalized spacial score (nSPS) is 10.8. The van der Waals surface area contributed by atoms with Gasteiger partial charge in [-0.1, -0.05) is 0 Å². The van der Waals surface area contributed by atoms with Gasteiger partial charge < -0.3 is 10.1 Å². The Kier molecular flexibility index (Phi) is 7.65. The summed E-state index contributed by atoms with van der Waals surface area (Å²) in [5, 5.41) is 5.46. The first-order chi connectivity index (χ1) is 7.34. The van der Waals surface area contributed by atoms with E-state index in [2.05, 4.69) is 32.7 Å². The van der Waals surface area contributed by atoms with Crippen LogP contribution in [0.3, 0.4) is 0 Å². The number of nitrogens with one attached hydrogen (secondary N) is 1. The summed E-state index contributed by atoms with van der Waals surface area (Å²) >= 11 is 10.7. The quantitative estimate of drug-likeness (QED) is 0.588. The third-order valence-corrected chi connectivity index (χ3v) is 3.92. The molecule has 5 heteroatoms. The van der Waals surface area contributed by atoms with Crippen molar-refractivity contribution in [1.29, 1.82) is 0 Å². The van der Waals surface area contributed by atoms with Crippen molar-refractivity contribution in [3.05, 3.63) is 20.8 Å². The van der Waals surface area contributed by atoms with Crippen LogP contribution in [-0.2, 0) is 11.3 Å². The van der Waals surface area contributed by atoms with Crippen molar-refractivity contribution in [2.75, 3.05) is 25.6 Å². The summed E-state index contributed by atoms with van der Waals surface area (Å²) in [7, 11) is 0. The molecular formula is C10H15BrClNOS. The van der Waals surface area contributed by atoms with E-state index in [1.54, 1.807) is 11.3 Å². The fourth-order valence-electron chi connectivity index (χ4n) is 1.11. The third kappa shape index (κ3) is 5.88. The fraction of sp³-hybridized carbons (Fsp3) is 0.600. The van der Waals surface area contributed by atoms with Crippen LogP contribution in [0.25, 0.3) is 0 Å². The van der Waals surface area contributed by atoms with Crippen LogP contribution in [-0.4, -0.2) is 25.6 Å². The van der Waals surface area contributed by atoms with E-state index in [1.807, 2.05) is 0 Å². The highest BCUT2D eigenvalue weighted by atomic mass is 79.9. The van der Waals surface area contributed by atoms with E-state index < -0.39 is 0 Å².